The van der Waals surface area contributed by atoms with Gasteiger partial charge >= 0.3 is 11.9 Å². The third-order valence-corrected chi connectivity index (χ3v) is 9.43. The van der Waals surface area contributed by atoms with Crippen LogP contribution in [0.3, 0.4) is 0 Å². The van der Waals surface area contributed by atoms with E-state index >= 15 is 0 Å². The highest BCUT2D eigenvalue weighted by Gasteiger charge is 2.17. The molecule has 0 aliphatic carbocycles. The SMILES string of the molecule is CC/C=C\C/C=C\C/C=C\C/C=C\CCCCCCCCCOCC(COC(=O)CCCCC/C=C\C/C=C\C/C=C\CC)OC(=O)CCCCCCCCC. The molecule has 0 saturated carbocycles. The third-order valence-electron chi connectivity index (χ3n) is 9.43. The highest BCUT2D eigenvalue weighted by molar-refractivity contribution is 5.70. The van der Waals surface area contributed by atoms with Gasteiger partial charge in [-0.1, -0.05) is 183 Å². The van der Waals surface area contributed by atoms with Gasteiger partial charge in [0.05, 0.1) is 6.61 Å². The number of allylic oxidation sites excluding steroid dienone is 14. The van der Waals surface area contributed by atoms with Crippen LogP contribution in [0.1, 0.15) is 201 Å². The number of hydrogen-bond donors (Lipinski definition) is 0. The Kier molecular flexibility index (Phi) is 44.0. The van der Waals surface area contributed by atoms with Gasteiger partial charge in [0.2, 0.25) is 0 Å². The van der Waals surface area contributed by atoms with Crippen LogP contribution >= 0.6 is 0 Å². The summed E-state index contributed by atoms with van der Waals surface area (Å²) in [5.74, 6) is -0.448. The van der Waals surface area contributed by atoms with Gasteiger partial charge in [0.15, 0.2) is 6.10 Å². The Morgan fingerprint density at radius 1 is 0.411 bits per heavy atom. The van der Waals surface area contributed by atoms with Gasteiger partial charge in [0.1, 0.15) is 6.61 Å². The number of carbonyl (C=O) groups is 2. The van der Waals surface area contributed by atoms with E-state index in [4.69, 9.17) is 14.2 Å². The van der Waals surface area contributed by atoms with E-state index in [0.29, 0.717) is 19.4 Å². The lowest BCUT2D eigenvalue weighted by molar-refractivity contribution is -0.163. The van der Waals surface area contributed by atoms with Crippen molar-refractivity contribution in [3.63, 3.8) is 0 Å². The molecular formula is C51H86O5. The molecule has 0 amide bonds. The highest BCUT2D eigenvalue weighted by atomic mass is 16.6. The molecule has 0 bridgehead atoms. The average Bonchev–Trinajstić information content (AvgIpc) is 3.20. The fourth-order valence-electron chi connectivity index (χ4n) is 6.04. The maximum Gasteiger partial charge on any atom is 0.306 e. The smallest absolute Gasteiger partial charge is 0.306 e. The van der Waals surface area contributed by atoms with Crippen molar-refractivity contribution in [1.82, 2.24) is 0 Å². The van der Waals surface area contributed by atoms with Crippen molar-refractivity contribution in [2.75, 3.05) is 19.8 Å². The molecule has 0 fully saturated rings. The lowest BCUT2D eigenvalue weighted by Crippen LogP contribution is -2.30. The summed E-state index contributed by atoms with van der Waals surface area (Å²) in [6.45, 7) is 7.50. The van der Waals surface area contributed by atoms with Crippen molar-refractivity contribution >= 4 is 11.9 Å². The summed E-state index contributed by atoms with van der Waals surface area (Å²) in [5.41, 5.74) is 0. The summed E-state index contributed by atoms with van der Waals surface area (Å²) >= 11 is 0. The predicted molar refractivity (Wildman–Crippen MR) is 242 cm³/mol. The first-order valence-electron chi connectivity index (χ1n) is 23.1. The monoisotopic (exact) mass is 779 g/mol. The normalized spacial score (nSPS) is 13.0. The van der Waals surface area contributed by atoms with Crippen LogP contribution in [-0.4, -0.2) is 37.9 Å². The van der Waals surface area contributed by atoms with Crippen LogP contribution in [0.5, 0.6) is 0 Å². The van der Waals surface area contributed by atoms with E-state index in [-0.39, 0.29) is 25.2 Å². The van der Waals surface area contributed by atoms with Crippen molar-refractivity contribution < 1.29 is 23.8 Å². The Bertz CT molecular complexity index is 1060. The molecule has 0 N–H and O–H groups in total. The zero-order valence-electron chi connectivity index (χ0n) is 36.6. The van der Waals surface area contributed by atoms with E-state index in [0.717, 1.165) is 103 Å². The van der Waals surface area contributed by atoms with Crippen LogP contribution < -0.4 is 0 Å². The van der Waals surface area contributed by atoms with E-state index in [9.17, 15) is 9.59 Å². The molecule has 0 aliphatic rings. The molecule has 0 heterocycles. The molecule has 0 aliphatic heterocycles. The minimum atomic E-state index is -0.553. The molecule has 0 rings (SSSR count). The molecule has 0 aromatic carbocycles. The van der Waals surface area contributed by atoms with Crippen molar-refractivity contribution in [3.05, 3.63) is 85.1 Å². The number of rotatable bonds is 41. The van der Waals surface area contributed by atoms with Crippen molar-refractivity contribution in [1.29, 1.82) is 0 Å². The van der Waals surface area contributed by atoms with E-state index in [1.54, 1.807) is 0 Å². The van der Waals surface area contributed by atoms with Crippen LogP contribution in [0.2, 0.25) is 0 Å². The Morgan fingerprint density at radius 3 is 1.30 bits per heavy atom. The van der Waals surface area contributed by atoms with Crippen LogP contribution in [0.25, 0.3) is 0 Å². The number of carbonyl (C=O) groups excluding carboxylic acids is 2. The maximum atomic E-state index is 12.6. The number of ether oxygens (including phenoxy) is 3. The highest BCUT2D eigenvalue weighted by Crippen LogP contribution is 2.12. The Balaban J connectivity index is 4.19. The molecule has 0 saturated heterocycles. The van der Waals surface area contributed by atoms with E-state index < -0.39 is 6.10 Å². The first kappa shape index (κ1) is 53.1. The molecule has 0 radical (unpaired) electrons. The molecule has 1 atom stereocenters. The Hall–Kier alpha value is -2.92. The summed E-state index contributed by atoms with van der Waals surface area (Å²) in [6, 6.07) is 0. The summed E-state index contributed by atoms with van der Waals surface area (Å²) < 4.78 is 17.2. The molecule has 0 aromatic rings. The van der Waals surface area contributed by atoms with Crippen LogP contribution in [0.4, 0.5) is 0 Å². The van der Waals surface area contributed by atoms with Gasteiger partial charge in [-0.05, 0) is 89.9 Å². The van der Waals surface area contributed by atoms with Gasteiger partial charge in [-0.25, -0.2) is 0 Å². The number of esters is 2. The molecule has 0 aromatic heterocycles. The average molecular weight is 779 g/mol. The summed E-state index contributed by atoms with van der Waals surface area (Å²) in [5, 5.41) is 0. The summed E-state index contributed by atoms with van der Waals surface area (Å²) in [4.78, 5) is 25.1. The topological polar surface area (TPSA) is 61.8 Å². The standard InChI is InChI=1S/C51H86O5/c1-4-7-10-13-16-18-20-22-23-24-25-26-27-28-30-32-34-37-40-43-46-54-47-49(56-51(53)45-42-39-35-15-12-9-6-3)48-55-50(52)44-41-38-36-33-31-29-21-19-17-14-11-8-5-2/h7-8,10-11,16-19,22-23,25-26,29,31,49H,4-6,9,12-15,20-21,24,27-28,30,32-48H2,1-3H3/b10-7-,11-8-,18-16-,19-17-,23-22-,26-25-,31-29-. The second kappa shape index (κ2) is 46.5. The maximum absolute atomic E-state index is 12.6. The summed E-state index contributed by atoms with van der Waals surface area (Å²) in [6.07, 6.45) is 60.3. The van der Waals surface area contributed by atoms with E-state index in [1.165, 1.54) is 64.2 Å². The van der Waals surface area contributed by atoms with Crippen LogP contribution in [-0.2, 0) is 23.8 Å². The van der Waals surface area contributed by atoms with Crippen LogP contribution in [0.15, 0.2) is 85.1 Å². The minimum absolute atomic E-state index is 0.0625. The molecule has 56 heavy (non-hydrogen) atoms. The largest absolute Gasteiger partial charge is 0.462 e. The molecule has 0 spiro atoms. The predicted octanol–water partition coefficient (Wildman–Crippen LogP) is 15.3. The van der Waals surface area contributed by atoms with Crippen molar-refractivity contribution in [2.24, 2.45) is 0 Å². The first-order chi connectivity index (χ1) is 27.6. The lowest BCUT2D eigenvalue weighted by atomic mass is 10.1. The quantitative estimate of drug-likeness (QED) is 0.0351. The minimum Gasteiger partial charge on any atom is -0.462 e. The fourth-order valence-corrected chi connectivity index (χ4v) is 6.04. The Morgan fingerprint density at radius 2 is 0.804 bits per heavy atom. The van der Waals surface area contributed by atoms with Crippen molar-refractivity contribution in [2.45, 2.75) is 207 Å². The number of unbranched alkanes of at least 4 members (excludes halogenated alkanes) is 16. The van der Waals surface area contributed by atoms with Crippen molar-refractivity contribution in [3.8, 4) is 0 Å². The fraction of sp³-hybridized carbons (Fsp3) is 0.686. The van der Waals surface area contributed by atoms with Gasteiger partial charge in [-0.3, -0.25) is 9.59 Å². The Labute approximate surface area is 346 Å². The zero-order chi connectivity index (χ0) is 40.7. The van der Waals surface area contributed by atoms with Gasteiger partial charge in [0, 0.05) is 19.4 Å². The van der Waals surface area contributed by atoms with Crippen LogP contribution in [0, 0.1) is 0 Å². The molecule has 5 nitrogen and oxygen atoms in total. The zero-order valence-corrected chi connectivity index (χ0v) is 36.6. The number of hydrogen-bond acceptors (Lipinski definition) is 5. The van der Waals surface area contributed by atoms with E-state index in [2.05, 4.69) is 106 Å². The van der Waals surface area contributed by atoms with Gasteiger partial charge in [-0.2, -0.15) is 0 Å². The van der Waals surface area contributed by atoms with Gasteiger partial charge in [0.25, 0.3) is 0 Å². The molecule has 1 unspecified atom stereocenters. The molecule has 5 heteroatoms. The summed E-state index contributed by atoms with van der Waals surface area (Å²) in [7, 11) is 0. The lowest BCUT2D eigenvalue weighted by Gasteiger charge is -2.18. The van der Waals surface area contributed by atoms with Gasteiger partial charge < -0.3 is 14.2 Å². The van der Waals surface area contributed by atoms with Gasteiger partial charge in [-0.15, -0.1) is 0 Å². The molecular weight excluding hydrogens is 693 g/mol. The van der Waals surface area contributed by atoms with E-state index in [1.807, 2.05) is 0 Å². The first-order valence-corrected chi connectivity index (χ1v) is 23.1. The third kappa shape index (κ3) is 43.8. The second-order valence-corrected chi connectivity index (χ2v) is 14.9. The molecule has 320 valence electrons. The second-order valence-electron chi connectivity index (χ2n) is 14.9.